The first kappa shape index (κ1) is 48.2. The van der Waals surface area contributed by atoms with Crippen LogP contribution in [0.1, 0.15) is 0 Å². The Labute approximate surface area is 480 Å². The summed E-state index contributed by atoms with van der Waals surface area (Å²) in [4.78, 5) is 59.3. The molecular formula is C72H42N12. The number of pyridine rings is 2. The van der Waals surface area contributed by atoms with Crippen molar-refractivity contribution in [1.29, 1.82) is 0 Å². The summed E-state index contributed by atoms with van der Waals surface area (Å²) in [6.45, 7) is 0. The predicted octanol–water partition coefficient (Wildman–Crippen LogP) is 16.3. The second kappa shape index (κ2) is 20.1. The maximum absolute atomic E-state index is 5.43. The minimum Gasteiger partial charge on any atom is -0.264 e. The van der Waals surface area contributed by atoms with Crippen molar-refractivity contribution >= 4 is 54.4 Å². The zero-order valence-corrected chi connectivity index (χ0v) is 44.6. The first-order chi connectivity index (χ1) is 41.6. The average molecular weight is 1080 g/mol. The fourth-order valence-electron chi connectivity index (χ4n) is 11.5. The molecule has 16 aromatic rings. The van der Waals surface area contributed by atoms with E-state index in [1.807, 2.05) is 60.9 Å². The molecule has 0 bridgehead atoms. The first-order valence-electron chi connectivity index (χ1n) is 27.5. The molecule has 0 aliphatic carbocycles. The second-order valence-electron chi connectivity index (χ2n) is 20.5. The highest BCUT2D eigenvalue weighted by Gasteiger charge is 2.25. The largest absolute Gasteiger partial charge is 0.264 e. The van der Waals surface area contributed by atoms with Crippen LogP contribution in [-0.4, -0.2) is 59.8 Å². The van der Waals surface area contributed by atoms with Gasteiger partial charge in [-0.3, -0.25) is 29.9 Å². The monoisotopic (exact) mass is 1070 g/mol. The van der Waals surface area contributed by atoms with Crippen molar-refractivity contribution in [2.24, 2.45) is 0 Å². The molecule has 390 valence electrons. The Morgan fingerprint density at radius 3 is 0.929 bits per heavy atom. The summed E-state index contributed by atoms with van der Waals surface area (Å²) in [5.74, 6) is 3.10. The van der Waals surface area contributed by atoms with Crippen LogP contribution in [0.3, 0.4) is 0 Å². The van der Waals surface area contributed by atoms with Crippen LogP contribution in [-0.2, 0) is 0 Å². The molecule has 84 heavy (non-hydrogen) atoms. The molecule has 0 aliphatic rings. The van der Waals surface area contributed by atoms with Gasteiger partial charge in [0.05, 0.1) is 22.1 Å². The predicted molar refractivity (Wildman–Crippen MR) is 333 cm³/mol. The van der Waals surface area contributed by atoms with Crippen molar-refractivity contribution in [2.45, 2.75) is 0 Å². The number of aromatic nitrogens is 12. The van der Waals surface area contributed by atoms with E-state index in [0.717, 1.165) is 132 Å². The van der Waals surface area contributed by atoms with Crippen LogP contribution >= 0.6 is 0 Å². The molecule has 0 saturated heterocycles. The van der Waals surface area contributed by atoms with Crippen LogP contribution in [0, 0.1) is 0 Å². The van der Waals surface area contributed by atoms with Crippen molar-refractivity contribution in [3.63, 3.8) is 0 Å². The lowest BCUT2D eigenvalue weighted by Gasteiger charge is -2.21. The quantitative estimate of drug-likeness (QED) is 0.120. The van der Waals surface area contributed by atoms with Gasteiger partial charge in [-0.25, -0.2) is 29.9 Å². The number of benzene rings is 10. The Bertz CT molecular complexity index is 4840. The molecular weight excluding hydrogens is 1030 g/mol. The minimum absolute atomic E-state index is 0.506. The van der Waals surface area contributed by atoms with Gasteiger partial charge in [-0.1, -0.05) is 146 Å². The standard InChI is InChI=1S/C72H42N12/c1-3-9-45(10-4-1)57-39-59(71-81-67(47-19-15-43(16-20-47)51-13-7-31-73-41-51)79-69(83-71)49-23-29-61-63(37-49)77-35-33-75-61)55-28-26-54-58(46-11-5-2-6-12-46)40-60(56-27-25-53(57)65(55)66(54)56)72-82-68(48-21-17-44(18-22-48)52-14-8-32-74-42-52)80-70(84-72)50-24-30-62-64(38-50)78-36-34-76-62/h1-42H. The molecule has 16 rings (SSSR count). The Kier molecular flexibility index (Phi) is 11.5. The van der Waals surface area contributed by atoms with Crippen LogP contribution in [0.2, 0.25) is 0 Å². The minimum atomic E-state index is 0.506. The lowest BCUT2D eigenvalue weighted by atomic mass is 9.83. The third-order valence-corrected chi connectivity index (χ3v) is 15.6. The summed E-state index contributed by atoms with van der Waals surface area (Å²) in [6, 6.07) is 71.0. The van der Waals surface area contributed by atoms with Crippen molar-refractivity contribution in [1.82, 2.24) is 59.8 Å². The molecule has 10 aromatic carbocycles. The molecule has 0 radical (unpaired) electrons. The average Bonchev–Trinajstić information content (AvgIpc) is 0.889. The van der Waals surface area contributed by atoms with Crippen LogP contribution in [0.15, 0.2) is 256 Å². The van der Waals surface area contributed by atoms with E-state index in [0.29, 0.717) is 34.9 Å². The van der Waals surface area contributed by atoms with Crippen LogP contribution < -0.4 is 0 Å². The van der Waals surface area contributed by atoms with Crippen molar-refractivity contribution in [3.8, 4) is 113 Å². The molecule has 0 spiro atoms. The van der Waals surface area contributed by atoms with E-state index < -0.39 is 0 Å². The van der Waals surface area contributed by atoms with E-state index in [1.54, 1.807) is 37.2 Å². The number of hydrogen-bond acceptors (Lipinski definition) is 12. The van der Waals surface area contributed by atoms with Crippen molar-refractivity contribution in [3.05, 3.63) is 256 Å². The molecule has 0 fully saturated rings. The second-order valence-corrected chi connectivity index (χ2v) is 20.5. The molecule has 6 aromatic heterocycles. The van der Waals surface area contributed by atoms with Crippen molar-refractivity contribution < 1.29 is 0 Å². The van der Waals surface area contributed by atoms with Gasteiger partial charge < -0.3 is 0 Å². The number of rotatable bonds is 10. The van der Waals surface area contributed by atoms with E-state index in [9.17, 15) is 0 Å². The highest BCUT2D eigenvalue weighted by atomic mass is 15.0. The number of nitrogens with zero attached hydrogens (tertiary/aromatic N) is 12. The smallest absolute Gasteiger partial charge is 0.164 e. The molecule has 0 N–H and O–H groups in total. The highest BCUT2D eigenvalue weighted by Crippen LogP contribution is 2.48. The first-order valence-corrected chi connectivity index (χ1v) is 27.5. The van der Waals surface area contributed by atoms with Crippen LogP contribution in [0.5, 0.6) is 0 Å². The maximum Gasteiger partial charge on any atom is 0.164 e. The summed E-state index contributed by atoms with van der Waals surface area (Å²) in [5, 5.41) is 6.21. The van der Waals surface area contributed by atoms with Crippen molar-refractivity contribution in [2.75, 3.05) is 0 Å². The summed E-state index contributed by atoms with van der Waals surface area (Å²) in [6.07, 6.45) is 14.1. The van der Waals surface area contributed by atoms with E-state index in [-0.39, 0.29) is 0 Å². The Morgan fingerprint density at radius 1 is 0.202 bits per heavy atom. The fourth-order valence-corrected chi connectivity index (χ4v) is 11.5. The zero-order chi connectivity index (χ0) is 55.5. The van der Waals surface area contributed by atoms with E-state index in [1.165, 1.54) is 0 Å². The zero-order valence-electron chi connectivity index (χ0n) is 44.6. The van der Waals surface area contributed by atoms with Gasteiger partial charge in [0.25, 0.3) is 0 Å². The van der Waals surface area contributed by atoms with Gasteiger partial charge in [0.2, 0.25) is 0 Å². The topological polar surface area (TPSA) is 155 Å². The van der Waals surface area contributed by atoms with Crippen LogP contribution in [0.25, 0.3) is 167 Å². The van der Waals surface area contributed by atoms with Crippen LogP contribution in [0.4, 0.5) is 0 Å². The van der Waals surface area contributed by atoms with Gasteiger partial charge in [0.15, 0.2) is 34.9 Å². The molecule has 12 heteroatoms. The molecule has 0 unspecified atom stereocenters. The lowest BCUT2D eigenvalue weighted by molar-refractivity contribution is 1.08. The van der Waals surface area contributed by atoms with E-state index >= 15 is 0 Å². The maximum atomic E-state index is 5.43. The number of fused-ring (bicyclic) bond motifs is 2. The van der Waals surface area contributed by atoms with Gasteiger partial charge in [-0.05, 0) is 137 Å². The third-order valence-electron chi connectivity index (χ3n) is 15.6. The summed E-state index contributed by atoms with van der Waals surface area (Å²) in [7, 11) is 0. The van der Waals surface area contributed by atoms with E-state index in [2.05, 4.69) is 188 Å². The highest BCUT2D eigenvalue weighted by molar-refractivity contribution is 6.31. The van der Waals surface area contributed by atoms with E-state index in [4.69, 9.17) is 29.9 Å². The third kappa shape index (κ3) is 8.57. The SMILES string of the molecule is c1ccc(-c2cc(-c3nc(-c4ccc(-c5cccnc5)cc4)nc(-c4ccc5nccnc5c4)n3)c3ccc4c(-c5ccccc5)cc(-c5nc(-c6ccc(-c7cccnc7)cc6)nc(-c6ccc7nccnc7c6)n5)c5ccc2c3c45)cc1. The summed E-state index contributed by atoms with van der Waals surface area (Å²) >= 11 is 0. The van der Waals surface area contributed by atoms with Gasteiger partial charge in [-0.2, -0.15) is 0 Å². The molecule has 6 heterocycles. The van der Waals surface area contributed by atoms with Gasteiger partial charge in [0.1, 0.15) is 0 Å². The fraction of sp³-hybridized carbons (Fsp3) is 0. The molecule has 0 amide bonds. The van der Waals surface area contributed by atoms with Gasteiger partial charge in [-0.15, -0.1) is 0 Å². The molecule has 12 nitrogen and oxygen atoms in total. The Balaban J connectivity index is 0.964. The van der Waals surface area contributed by atoms with Gasteiger partial charge >= 0.3 is 0 Å². The number of hydrogen-bond donors (Lipinski definition) is 0. The summed E-state index contributed by atoms with van der Waals surface area (Å²) < 4.78 is 0. The summed E-state index contributed by atoms with van der Waals surface area (Å²) in [5.41, 5.74) is 16.2. The Morgan fingerprint density at radius 2 is 0.536 bits per heavy atom. The lowest BCUT2D eigenvalue weighted by Crippen LogP contribution is -2.03. The normalized spacial score (nSPS) is 11.6. The van der Waals surface area contributed by atoms with Gasteiger partial charge in [0, 0.05) is 83.0 Å². The molecule has 0 atom stereocenters. The Hall–Kier alpha value is -11.8. The molecule has 0 aliphatic heterocycles. The molecule has 0 saturated carbocycles.